The van der Waals surface area contributed by atoms with Crippen molar-refractivity contribution in [3.63, 3.8) is 0 Å². The van der Waals surface area contributed by atoms with Crippen LogP contribution >= 0.6 is 0 Å². The molecule has 36 heavy (non-hydrogen) atoms. The lowest BCUT2D eigenvalue weighted by atomic mass is 9.99. The van der Waals surface area contributed by atoms with Crippen LogP contribution in [0, 0.1) is 0 Å². The minimum absolute atomic E-state index is 0.0000446. The lowest BCUT2D eigenvalue weighted by Crippen LogP contribution is -2.43. The first kappa shape index (κ1) is 26.4. The molecule has 1 saturated heterocycles. The lowest BCUT2D eigenvalue weighted by Gasteiger charge is -2.39. The molecule has 4 rings (SSSR count). The van der Waals surface area contributed by atoms with Gasteiger partial charge in [0, 0.05) is 43.3 Å². The Morgan fingerprint density at radius 3 is 2.42 bits per heavy atom. The molecule has 0 spiro atoms. The number of aliphatic hydroxyl groups is 1. The Morgan fingerprint density at radius 2 is 1.78 bits per heavy atom. The van der Waals surface area contributed by atoms with Gasteiger partial charge in [0.1, 0.15) is 0 Å². The summed E-state index contributed by atoms with van der Waals surface area (Å²) in [6.07, 6.45) is 7.13. The van der Waals surface area contributed by atoms with E-state index in [4.69, 9.17) is 9.47 Å². The summed E-state index contributed by atoms with van der Waals surface area (Å²) in [6, 6.07) is 15.9. The van der Waals surface area contributed by atoms with Gasteiger partial charge in [-0.25, -0.2) is 4.79 Å². The van der Waals surface area contributed by atoms with E-state index in [0.29, 0.717) is 18.3 Å². The first-order valence-corrected chi connectivity index (χ1v) is 13.1. The minimum Gasteiger partial charge on any atom is -0.392 e. The fraction of sp³-hybridized carbons (Fsp3) is 0.483. The van der Waals surface area contributed by atoms with Gasteiger partial charge in [-0.3, -0.25) is 4.90 Å². The van der Waals surface area contributed by atoms with Gasteiger partial charge in [-0.05, 0) is 43.0 Å². The Hall–Kier alpha value is -2.71. The second-order valence-corrected chi connectivity index (χ2v) is 9.64. The fourth-order valence-electron chi connectivity index (χ4n) is 5.16. The number of anilines is 1. The van der Waals surface area contributed by atoms with Crippen molar-refractivity contribution in [1.82, 2.24) is 10.2 Å². The van der Waals surface area contributed by atoms with E-state index in [0.717, 1.165) is 36.2 Å². The zero-order valence-corrected chi connectivity index (χ0v) is 21.2. The summed E-state index contributed by atoms with van der Waals surface area (Å²) in [5.41, 5.74) is 3.59. The van der Waals surface area contributed by atoms with Gasteiger partial charge in [-0.15, -0.1) is 6.58 Å². The van der Waals surface area contributed by atoms with E-state index >= 15 is 0 Å². The molecule has 1 heterocycles. The molecule has 3 atom stereocenters. The van der Waals surface area contributed by atoms with Crippen molar-refractivity contribution >= 4 is 11.7 Å². The third-order valence-corrected chi connectivity index (χ3v) is 7.04. The number of carbonyl (C=O) groups is 1. The van der Waals surface area contributed by atoms with Crippen LogP contribution in [0.5, 0.6) is 0 Å². The summed E-state index contributed by atoms with van der Waals surface area (Å²) >= 11 is 0. The van der Waals surface area contributed by atoms with Crippen LogP contribution in [-0.4, -0.2) is 47.8 Å². The number of carbonyl (C=O) groups excluding carboxylic acids is 1. The smallest absolute Gasteiger partial charge is 0.319 e. The van der Waals surface area contributed by atoms with Crippen molar-refractivity contribution in [2.45, 2.75) is 70.2 Å². The number of amides is 2. The van der Waals surface area contributed by atoms with Crippen LogP contribution < -0.4 is 10.6 Å². The maximum Gasteiger partial charge on any atom is 0.319 e. The van der Waals surface area contributed by atoms with Crippen molar-refractivity contribution < 1.29 is 19.4 Å². The number of hydrogen-bond acceptors (Lipinski definition) is 5. The molecule has 1 saturated carbocycles. The van der Waals surface area contributed by atoms with E-state index in [1.807, 2.05) is 61.5 Å². The number of benzene rings is 2. The van der Waals surface area contributed by atoms with Gasteiger partial charge >= 0.3 is 6.03 Å². The summed E-state index contributed by atoms with van der Waals surface area (Å²) < 4.78 is 13.0. The maximum absolute atomic E-state index is 11.9. The first-order valence-electron chi connectivity index (χ1n) is 13.1. The minimum atomic E-state index is -0.515. The van der Waals surface area contributed by atoms with Crippen LogP contribution in [0.2, 0.25) is 0 Å². The summed E-state index contributed by atoms with van der Waals surface area (Å²) in [6.45, 7) is 8.14. The van der Waals surface area contributed by atoms with Gasteiger partial charge in [0.05, 0.1) is 18.8 Å². The van der Waals surface area contributed by atoms with Gasteiger partial charge < -0.3 is 25.2 Å². The van der Waals surface area contributed by atoms with Crippen LogP contribution in [0.1, 0.15) is 68.1 Å². The average Bonchev–Trinajstić information content (AvgIpc) is 3.44. The van der Waals surface area contributed by atoms with Gasteiger partial charge in [0.25, 0.3) is 0 Å². The Morgan fingerprint density at radius 1 is 1.08 bits per heavy atom. The second-order valence-electron chi connectivity index (χ2n) is 9.64. The molecule has 0 aromatic heterocycles. The molecule has 2 aromatic rings. The normalized spacial score (nSPS) is 22.5. The molecule has 2 fully saturated rings. The van der Waals surface area contributed by atoms with Crippen molar-refractivity contribution in [2.75, 3.05) is 25.0 Å². The van der Waals surface area contributed by atoms with Crippen molar-refractivity contribution in [3.8, 4) is 0 Å². The van der Waals surface area contributed by atoms with Crippen LogP contribution in [0.4, 0.5) is 10.5 Å². The molecular formula is C29H39N3O4. The SMILES string of the molecule is C=CCN(C[C@H]1C[C@@H](c2ccc(CO)cc2)O[C@@H](c2ccc(NC(=O)NCC)cc2)O1)C1CCCC1. The van der Waals surface area contributed by atoms with Gasteiger partial charge in [-0.2, -0.15) is 0 Å². The quantitative estimate of drug-likeness (QED) is 0.392. The topological polar surface area (TPSA) is 83.1 Å². The molecular weight excluding hydrogens is 454 g/mol. The highest BCUT2D eigenvalue weighted by atomic mass is 16.7. The highest BCUT2D eigenvalue weighted by molar-refractivity contribution is 5.89. The molecule has 3 N–H and O–H groups in total. The Bertz CT molecular complexity index is 973. The third-order valence-electron chi connectivity index (χ3n) is 7.04. The summed E-state index contributed by atoms with van der Waals surface area (Å²) in [5, 5.41) is 15.0. The van der Waals surface area contributed by atoms with Crippen LogP contribution in [0.25, 0.3) is 0 Å². The molecule has 7 nitrogen and oxygen atoms in total. The average molecular weight is 494 g/mol. The predicted molar refractivity (Wildman–Crippen MR) is 142 cm³/mol. The molecule has 7 heteroatoms. The first-order chi connectivity index (χ1) is 17.6. The summed E-state index contributed by atoms with van der Waals surface area (Å²) in [5.74, 6) is 0. The van der Waals surface area contributed by atoms with Crippen LogP contribution in [-0.2, 0) is 16.1 Å². The highest BCUT2D eigenvalue weighted by Gasteiger charge is 2.34. The van der Waals surface area contributed by atoms with Crippen molar-refractivity contribution in [2.24, 2.45) is 0 Å². The second kappa shape index (κ2) is 13.0. The lowest BCUT2D eigenvalue weighted by molar-refractivity contribution is -0.253. The van der Waals surface area contributed by atoms with E-state index in [9.17, 15) is 9.90 Å². The predicted octanol–water partition coefficient (Wildman–Crippen LogP) is 5.30. The molecule has 2 aliphatic rings. The van der Waals surface area contributed by atoms with E-state index in [-0.39, 0.29) is 24.8 Å². The molecule has 1 aliphatic carbocycles. The van der Waals surface area contributed by atoms with Crippen molar-refractivity contribution in [1.29, 1.82) is 0 Å². The van der Waals surface area contributed by atoms with Gasteiger partial charge in [-0.1, -0.05) is 55.3 Å². The maximum atomic E-state index is 11.9. The van der Waals surface area contributed by atoms with Crippen LogP contribution in [0.15, 0.2) is 61.2 Å². The standard InChI is InChI=1S/C29H39N3O4/c1-3-17-32(25-7-5-6-8-25)19-26-18-27(22-11-9-21(20-33)10-12-22)36-28(35-26)23-13-15-24(16-14-23)31-29(34)30-4-2/h3,9-16,25-28,33H,1,4-8,17-20H2,2H3,(H2,30,31,34)/t26-,27+,28+/m1/s1. The fourth-order valence-corrected chi connectivity index (χ4v) is 5.16. The van der Waals surface area contributed by atoms with E-state index in [2.05, 4.69) is 22.1 Å². The number of nitrogens with zero attached hydrogens (tertiary/aromatic N) is 1. The Balaban J connectivity index is 1.52. The van der Waals surface area contributed by atoms with E-state index in [1.54, 1.807) is 0 Å². The molecule has 0 radical (unpaired) electrons. The number of ether oxygens (including phenoxy) is 2. The number of rotatable bonds is 10. The molecule has 194 valence electrons. The van der Waals surface area contributed by atoms with E-state index in [1.165, 1.54) is 25.7 Å². The van der Waals surface area contributed by atoms with Gasteiger partial charge in [0.2, 0.25) is 0 Å². The molecule has 1 aliphatic heterocycles. The number of nitrogens with one attached hydrogen (secondary N) is 2. The molecule has 0 bridgehead atoms. The Labute approximate surface area is 214 Å². The highest BCUT2D eigenvalue weighted by Crippen LogP contribution is 2.39. The molecule has 0 unspecified atom stereocenters. The number of aliphatic hydroxyl groups excluding tert-OH is 1. The third kappa shape index (κ3) is 6.95. The molecule has 2 amide bonds. The number of urea groups is 1. The molecule has 2 aromatic carbocycles. The number of hydrogen-bond donors (Lipinski definition) is 3. The zero-order valence-electron chi connectivity index (χ0n) is 21.2. The monoisotopic (exact) mass is 493 g/mol. The Kier molecular flexibility index (Phi) is 9.53. The van der Waals surface area contributed by atoms with Crippen molar-refractivity contribution in [3.05, 3.63) is 77.9 Å². The summed E-state index contributed by atoms with van der Waals surface area (Å²) in [7, 11) is 0. The zero-order chi connectivity index (χ0) is 25.3. The largest absolute Gasteiger partial charge is 0.392 e. The summed E-state index contributed by atoms with van der Waals surface area (Å²) in [4.78, 5) is 14.4. The van der Waals surface area contributed by atoms with E-state index < -0.39 is 6.29 Å². The van der Waals surface area contributed by atoms with Crippen LogP contribution in [0.3, 0.4) is 0 Å². The van der Waals surface area contributed by atoms with Gasteiger partial charge in [0.15, 0.2) is 6.29 Å².